The summed E-state index contributed by atoms with van der Waals surface area (Å²) in [7, 11) is 0. The van der Waals surface area contributed by atoms with Crippen molar-refractivity contribution in [1.82, 2.24) is 10.6 Å². The Kier molecular flexibility index (Phi) is 7.25. The fraction of sp³-hybridized carbons (Fsp3) is 0.259. The molecule has 1 atom stereocenters. The molecule has 0 bridgehead atoms. The third kappa shape index (κ3) is 5.71. The average molecular weight is 444 g/mol. The Hall–Kier alpha value is -3.80. The average Bonchev–Trinajstić information content (AvgIpc) is 3.23. The van der Waals surface area contributed by atoms with Crippen LogP contribution in [0.1, 0.15) is 30.5 Å². The maximum atomic E-state index is 12.8. The van der Waals surface area contributed by atoms with Gasteiger partial charge in [0.05, 0.1) is 12.6 Å². The molecule has 6 nitrogen and oxygen atoms in total. The highest BCUT2D eigenvalue weighted by Crippen LogP contribution is 2.27. The number of nitrogens with one attached hydrogen (secondary N) is 2. The zero-order chi connectivity index (χ0) is 23.0. The van der Waals surface area contributed by atoms with Crippen LogP contribution in [0.3, 0.4) is 0 Å². The quantitative estimate of drug-likeness (QED) is 0.538. The highest BCUT2D eigenvalue weighted by Gasteiger charge is 2.31. The van der Waals surface area contributed by atoms with Crippen LogP contribution in [-0.4, -0.2) is 31.6 Å². The molecule has 3 aromatic rings. The highest BCUT2D eigenvalue weighted by atomic mass is 16.5. The second-order valence-corrected chi connectivity index (χ2v) is 8.11. The Morgan fingerprint density at radius 2 is 1.58 bits per heavy atom. The van der Waals surface area contributed by atoms with Crippen molar-refractivity contribution < 1.29 is 14.3 Å². The topological polar surface area (TPSA) is 70.7 Å². The molecule has 1 aliphatic rings. The molecule has 0 radical (unpaired) electrons. The van der Waals surface area contributed by atoms with Gasteiger partial charge < -0.3 is 20.3 Å². The van der Waals surface area contributed by atoms with Crippen molar-refractivity contribution >= 4 is 17.6 Å². The number of nitrogens with zero attached hydrogens (tertiary/aromatic N) is 1. The van der Waals surface area contributed by atoms with Crippen LogP contribution in [0.2, 0.25) is 0 Å². The van der Waals surface area contributed by atoms with Gasteiger partial charge in [-0.2, -0.15) is 0 Å². The number of anilines is 1. The molecule has 0 unspecified atom stereocenters. The first-order valence-corrected chi connectivity index (χ1v) is 11.3. The van der Waals surface area contributed by atoms with Crippen LogP contribution in [0, 0.1) is 5.92 Å². The van der Waals surface area contributed by atoms with Crippen LogP contribution in [0.4, 0.5) is 10.5 Å². The number of ether oxygens (including phenoxy) is 1. The van der Waals surface area contributed by atoms with Crippen LogP contribution in [-0.2, 0) is 4.79 Å². The number of carbonyl (C=O) groups excluding carboxylic acids is 2. The number of urea groups is 1. The first-order valence-electron chi connectivity index (χ1n) is 11.3. The molecule has 1 aliphatic heterocycles. The van der Waals surface area contributed by atoms with E-state index in [9.17, 15) is 9.59 Å². The zero-order valence-corrected chi connectivity index (χ0v) is 18.7. The largest absolute Gasteiger partial charge is 0.494 e. The maximum absolute atomic E-state index is 12.8. The third-order valence-corrected chi connectivity index (χ3v) is 5.76. The number of hydrogen-bond acceptors (Lipinski definition) is 3. The summed E-state index contributed by atoms with van der Waals surface area (Å²) in [5.41, 5.74) is 2.87. The summed E-state index contributed by atoms with van der Waals surface area (Å²) < 4.78 is 5.47. The molecule has 1 heterocycles. The molecular formula is C27H29N3O3. The van der Waals surface area contributed by atoms with Gasteiger partial charge in [0.15, 0.2) is 0 Å². The highest BCUT2D eigenvalue weighted by molar-refractivity contribution is 5.95. The van der Waals surface area contributed by atoms with Gasteiger partial charge in [-0.15, -0.1) is 0 Å². The fourth-order valence-electron chi connectivity index (χ4n) is 4.13. The maximum Gasteiger partial charge on any atom is 0.315 e. The molecule has 0 saturated carbocycles. The van der Waals surface area contributed by atoms with Crippen molar-refractivity contribution in [3.8, 4) is 5.75 Å². The van der Waals surface area contributed by atoms with Crippen molar-refractivity contribution in [3.05, 3.63) is 96.1 Å². The molecular weight excluding hydrogens is 414 g/mol. The Balaban J connectivity index is 1.35. The van der Waals surface area contributed by atoms with E-state index in [1.54, 1.807) is 4.90 Å². The smallest absolute Gasteiger partial charge is 0.315 e. The number of amides is 3. The Morgan fingerprint density at radius 3 is 2.15 bits per heavy atom. The van der Waals surface area contributed by atoms with Crippen molar-refractivity contribution in [2.75, 3.05) is 24.6 Å². The molecule has 3 aromatic carbocycles. The zero-order valence-electron chi connectivity index (χ0n) is 18.7. The molecule has 0 aliphatic carbocycles. The molecule has 0 spiro atoms. The van der Waals surface area contributed by atoms with E-state index in [0.29, 0.717) is 26.1 Å². The first-order chi connectivity index (χ1) is 16.1. The second-order valence-electron chi connectivity index (χ2n) is 8.11. The lowest BCUT2D eigenvalue weighted by atomic mass is 9.99. The molecule has 4 rings (SSSR count). The number of benzene rings is 3. The van der Waals surface area contributed by atoms with E-state index in [2.05, 4.69) is 10.6 Å². The van der Waals surface area contributed by atoms with Crippen molar-refractivity contribution in [1.29, 1.82) is 0 Å². The van der Waals surface area contributed by atoms with E-state index in [4.69, 9.17) is 4.74 Å². The Morgan fingerprint density at radius 1 is 0.970 bits per heavy atom. The van der Waals surface area contributed by atoms with Gasteiger partial charge in [-0.25, -0.2) is 4.79 Å². The van der Waals surface area contributed by atoms with Gasteiger partial charge in [0.25, 0.3) is 0 Å². The van der Waals surface area contributed by atoms with Gasteiger partial charge >= 0.3 is 6.03 Å². The Bertz CT molecular complexity index is 1020. The number of hydrogen-bond donors (Lipinski definition) is 2. The van der Waals surface area contributed by atoms with E-state index in [1.807, 2.05) is 91.9 Å². The van der Waals surface area contributed by atoms with Gasteiger partial charge in [-0.05, 0) is 42.3 Å². The van der Waals surface area contributed by atoms with E-state index >= 15 is 0 Å². The lowest BCUT2D eigenvalue weighted by molar-refractivity contribution is -0.117. The van der Waals surface area contributed by atoms with Crippen LogP contribution in [0.25, 0.3) is 0 Å². The molecule has 1 fully saturated rings. The van der Waals surface area contributed by atoms with Crippen LogP contribution < -0.4 is 20.3 Å². The normalized spacial score (nSPS) is 15.5. The fourth-order valence-corrected chi connectivity index (χ4v) is 4.13. The van der Waals surface area contributed by atoms with Crippen molar-refractivity contribution in [2.24, 2.45) is 5.92 Å². The SMILES string of the molecule is CCOc1ccc(N2C[C@H](CNC(=O)NC(c3ccccc3)c3ccccc3)CC2=O)cc1. The predicted octanol–water partition coefficient (Wildman–Crippen LogP) is 4.53. The molecule has 1 saturated heterocycles. The number of carbonyl (C=O) groups is 2. The van der Waals surface area contributed by atoms with Crippen LogP contribution in [0.5, 0.6) is 5.75 Å². The minimum Gasteiger partial charge on any atom is -0.494 e. The lowest BCUT2D eigenvalue weighted by Crippen LogP contribution is -2.41. The summed E-state index contributed by atoms with van der Waals surface area (Å²) >= 11 is 0. The molecule has 2 N–H and O–H groups in total. The predicted molar refractivity (Wildman–Crippen MR) is 129 cm³/mol. The standard InChI is InChI=1S/C27H29N3O3/c1-2-33-24-15-13-23(14-16-24)30-19-20(17-25(30)31)18-28-27(32)29-26(21-9-5-3-6-10-21)22-11-7-4-8-12-22/h3-16,20,26H,2,17-19H2,1H3,(H2,28,29,32)/t20-/m0/s1. The first kappa shape index (κ1) is 22.4. The van der Waals surface area contributed by atoms with Crippen molar-refractivity contribution in [3.63, 3.8) is 0 Å². The van der Waals surface area contributed by atoms with Gasteiger partial charge in [0.2, 0.25) is 5.91 Å². The van der Waals surface area contributed by atoms with Gasteiger partial charge in [-0.3, -0.25) is 4.79 Å². The summed E-state index contributed by atoms with van der Waals surface area (Å²) in [6.07, 6.45) is 0.411. The van der Waals surface area contributed by atoms with Gasteiger partial charge in [0, 0.05) is 31.1 Å². The molecule has 6 heteroatoms. The molecule has 0 aromatic heterocycles. The lowest BCUT2D eigenvalue weighted by Gasteiger charge is -2.21. The summed E-state index contributed by atoms with van der Waals surface area (Å²) in [5, 5.41) is 6.05. The summed E-state index contributed by atoms with van der Waals surface area (Å²) in [6.45, 7) is 3.55. The summed E-state index contributed by atoms with van der Waals surface area (Å²) in [5.74, 6) is 0.911. The third-order valence-electron chi connectivity index (χ3n) is 5.76. The minimum atomic E-state index is -0.252. The molecule has 33 heavy (non-hydrogen) atoms. The minimum absolute atomic E-state index is 0.0571. The van der Waals surface area contributed by atoms with Gasteiger partial charge in [0.1, 0.15) is 5.75 Å². The van der Waals surface area contributed by atoms with Crippen molar-refractivity contribution in [2.45, 2.75) is 19.4 Å². The second kappa shape index (κ2) is 10.7. The number of rotatable bonds is 8. The van der Waals surface area contributed by atoms with Crippen LogP contribution >= 0.6 is 0 Å². The molecule has 3 amide bonds. The summed E-state index contributed by atoms with van der Waals surface area (Å²) in [4.78, 5) is 27.1. The monoisotopic (exact) mass is 443 g/mol. The molecule has 170 valence electrons. The van der Waals surface area contributed by atoms with Gasteiger partial charge in [-0.1, -0.05) is 60.7 Å². The van der Waals surface area contributed by atoms with E-state index in [0.717, 1.165) is 22.6 Å². The van der Waals surface area contributed by atoms with E-state index in [-0.39, 0.29) is 23.9 Å². The van der Waals surface area contributed by atoms with E-state index in [1.165, 1.54) is 0 Å². The summed E-state index contributed by atoms with van der Waals surface area (Å²) in [6, 6.07) is 26.8. The van der Waals surface area contributed by atoms with E-state index < -0.39 is 0 Å². The Labute approximate surface area is 194 Å². The van der Waals surface area contributed by atoms with Crippen LogP contribution in [0.15, 0.2) is 84.9 Å².